The summed E-state index contributed by atoms with van der Waals surface area (Å²) in [7, 11) is 1.37. The van der Waals surface area contributed by atoms with Crippen molar-refractivity contribution >= 4 is 12.0 Å². The zero-order valence-electron chi connectivity index (χ0n) is 11.5. The summed E-state index contributed by atoms with van der Waals surface area (Å²) < 4.78 is 10.2. The third-order valence-electron chi connectivity index (χ3n) is 2.56. The van der Waals surface area contributed by atoms with Crippen molar-refractivity contribution in [2.75, 3.05) is 20.2 Å². The van der Waals surface area contributed by atoms with Crippen LogP contribution in [0.1, 0.15) is 42.1 Å². The van der Waals surface area contributed by atoms with Crippen molar-refractivity contribution in [3.8, 4) is 0 Å². The Balaban J connectivity index is 2.73. The Labute approximate surface area is 108 Å². The van der Waals surface area contributed by atoms with Gasteiger partial charge in [-0.3, -0.25) is 0 Å². The quantitative estimate of drug-likeness (QED) is 0.624. The van der Waals surface area contributed by atoms with Crippen molar-refractivity contribution in [3.05, 3.63) is 28.7 Å². The van der Waals surface area contributed by atoms with Crippen molar-refractivity contribution in [1.82, 2.24) is 5.32 Å². The maximum atomic E-state index is 11.4. The van der Waals surface area contributed by atoms with Gasteiger partial charge >= 0.3 is 5.97 Å². The minimum atomic E-state index is -0.363. The van der Waals surface area contributed by atoms with E-state index in [1.165, 1.54) is 7.11 Å². The van der Waals surface area contributed by atoms with Crippen LogP contribution in [0.2, 0.25) is 0 Å². The largest absolute Gasteiger partial charge is 0.465 e. The molecule has 1 heterocycles. The number of furan rings is 1. The van der Waals surface area contributed by atoms with Crippen molar-refractivity contribution in [3.63, 3.8) is 0 Å². The van der Waals surface area contributed by atoms with E-state index >= 15 is 0 Å². The summed E-state index contributed by atoms with van der Waals surface area (Å²) in [4.78, 5) is 11.4. The van der Waals surface area contributed by atoms with E-state index in [0.29, 0.717) is 17.1 Å². The average molecular weight is 251 g/mol. The van der Waals surface area contributed by atoms with Gasteiger partial charge in [0.2, 0.25) is 0 Å². The van der Waals surface area contributed by atoms with Crippen LogP contribution in [0.4, 0.5) is 0 Å². The zero-order chi connectivity index (χ0) is 13.5. The normalized spacial score (nSPS) is 11.7. The van der Waals surface area contributed by atoms with Crippen LogP contribution in [-0.2, 0) is 4.74 Å². The zero-order valence-corrected chi connectivity index (χ0v) is 11.5. The number of hydrogen-bond donors (Lipinski definition) is 1. The molecule has 0 unspecified atom stereocenters. The number of carbonyl (C=O) groups excluding carboxylic acids is 1. The van der Waals surface area contributed by atoms with Crippen LogP contribution in [0.3, 0.4) is 0 Å². The average Bonchev–Trinajstić information content (AvgIpc) is 2.69. The maximum Gasteiger partial charge on any atom is 0.341 e. The lowest BCUT2D eigenvalue weighted by Crippen LogP contribution is -2.16. The number of hydrogen-bond acceptors (Lipinski definition) is 4. The van der Waals surface area contributed by atoms with Crippen molar-refractivity contribution in [1.29, 1.82) is 0 Å². The first-order chi connectivity index (χ1) is 8.58. The number of nitrogens with one attached hydrogen (secondary N) is 1. The summed E-state index contributed by atoms with van der Waals surface area (Å²) in [5, 5.41) is 3.31. The molecule has 1 N–H and O–H groups in total. The summed E-state index contributed by atoms with van der Waals surface area (Å²) in [6.07, 6.45) is 3.04. The van der Waals surface area contributed by atoms with Gasteiger partial charge in [-0.25, -0.2) is 4.79 Å². The van der Waals surface area contributed by atoms with E-state index in [-0.39, 0.29) is 5.97 Å². The van der Waals surface area contributed by atoms with Gasteiger partial charge in [-0.05, 0) is 39.0 Å². The van der Waals surface area contributed by atoms with Crippen molar-refractivity contribution < 1.29 is 13.9 Å². The van der Waals surface area contributed by atoms with E-state index in [9.17, 15) is 4.79 Å². The third kappa shape index (κ3) is 4.04. The highest BCUT2D eigenvalue weighted by atomic mass is 16.5. The molecular weight excluding hydrogens is 230 g/mol. The fourth-order valence-electron chi connectivity index (χ4n) is 1.65. The van der Waals surface area contributed by atoms with Crippen LogP contribution in [0.15, 0.2) is 16.1 Å². The Hall–Kier alpha value is -1.55. The van der Waals surface area contributed by atoms with Crippen LogP contribution in [0.5, 0.6) is 0 Å². The first-order valence-electron chi connectivity index (χ1n) is 6.15. The smallest absolute Gasteiger partial charge is 0.341 e. The van der Waals surface area contributed by atoms with Gasteiger partial charge < -0.3 is 14.5 Å². The lowest BCUT2D eigenvalue weighted by Gasteiger charge is -2.01. The van der Waals surface area contributed by atoms with E-state index in [0.717, 1.165) is 25.1 Å². The Morgan fingerprint density at radius 1 is 1.56 bits per heavy atom. The van der Waals surface area contributed by atoms with Crippen LogP contribution in [-0.4, -0.2) is 26.2 Å². The second-order valence-electron chi connectivity index (χ2n) is 4.28. The van der Waals surface area contributed by atoms with Crippen molar-refractivity contribution in [2.45, 2.75) is 27.2 Å². The molecular formula is C14H21NO3. The highest BCUT2D eigenvalue weighted by Crippen LogP contribution is 2.17. The van der Waals surface area contributed by atoms with Gasteiger partial charge in [0.1, 0.15) is 17.1 Å². The van der Waals surface area contributed by atoms with E-state index in [2.05, 4.69) is 17.0 Å². The molecule has 0 spiro atoms. The Kier molecular flexibility index (Phi) is 5.65. The standard InChI is InChI=1S/C14H21NO3/c1-5-6-15-9-10(2)7-12-8-13(11(3)18-12)14(16)17-4/h7-8,15H,5-6,9H2,1-4H3. The van der Waals surface area contributed by atoms with E-state index in [1.54, 1.807) is 13.0 Å². The summed E-state index contributed by atoms with van der Waals surface area (Å²) in [6, 6.07) is 1.71. The molecule has 0 saturated carbocycles. The first kappa shape index (κ1) is 14.5. The molecule has 100 valence electrons. The van der Waals surface area contributed by atoms with Crippen molar-refractivity contribution in [2.24, 2.45) is 0 Å². The minimum Gasteiger partial charge on any atom is -0.465 e. The lowest BCUT2D eigenvalue weighted by molar-refractivity contribution is 0.0599. The molecule has 0 atom stereocenters. The van der Waals surface area contributed by atoms with E-state index in [4.69, 9.17) is 4.42 Å². The fourth-order valence-corrected chi connectivity index (χ4v) is 1.65. The molecule has 1 aromatic heterocycles. The SMILES string of the molecule is CCCNCC(C)=Cc1cc(C(=O)OC)c(C)o1. The van der Waals surface area contributed by atoms with Gasteiger partial charge in [-0.15, -0.1) is 0 Å². The second-order valence-corrected chi connectivity index (χ2v) is 4.28. The van der Waals surface area contributed by atoms with Crippen LogP contribution < -0.4 is 5.32 Å². The third-order valence-corrected chi connectivity index (χ3v) is 2.56. The predicted octanol–water partition coefficient (Wildman–Crippen LogP) is 2.78. The molecule has 0 bridgehead atoms. The molecule has 1 aromatic rings. The molecule has 0 aliphatic rings. The Bertz CT molecular complexity index is 432. The minimum absolute atomic E-state index is 0.363. The molecule has 0 aliphatic heterocycles. The molecule has 1 rings (SSSR count). The number of esters is 1. The van der Waals surface area contributed by atoms with Gasteiger partial charge in [0.25, 0.3) is 0 Å². The molecule has 4 nitrogen and oxygen atoms in total. The summed E-state index contributed by atoms with van der Waals surface area (Å²) in [6.45, 7) is 7.73. The molecule has 4 heteroatoms. The highest BCUT2D eigenvalue weighted by Gasteiger charge is 2.14. The monoisotopic (exact) mass is 251 g/mol. The van der Waals surface area contributed by atoms with Gasteiger partial charge in [0.15, 0.2) is 0 Å². The van der Waals surface area contributed by atoms with Gasteiger partial charge in [0.05, 0.1) is 7.11 Å². The number of aryl methyl sites for hydroxylation is 1. The van der Waals surface area contributed by atoms with Gasteiger partial charge in [-0.1, -0.05) is 12.5 Å². The lowest BCUT2D eigenvalue weighted by atomic mass is 10.2. The number of carbonyl (C=O) groups is 1. The molecule has 0 amide bonds. The van der Waals surface area contributed by atoms with Crippen LogP contribution in [0.25, 0.3) is 6.08 Å². The summed E-state index contributed by atoms with van der Waals surface area (Å²) >= 11 is 0. The first-order valence-corrected chi connectivity index (χ1v) is 6.15. The molecule has 0 radical (unpaired) electrons. The fraction of sp³-hybridized carbons (Fsp3) is 0.500. The summed E-state index contributed by atoms with van der Waals surface area (Å²) in [5.74, 6) is 0.906. The molecule has 0 aromatic carbocycles. The molecule has 0 saturated heterocycles. The van der Waals surface area contributed by atoms with E-state index in [1.807, 2.05) is 13.0 Å². The maximum absolute atomic E-state index is 11.4. The second kappa shape index (κ2) is 7.01. The Morgan fingerprint density at radius 3 is 2.89 bits per heavy atom. The Morgan fingerprint density at radius 2 is 2.28 bits per heavy atom. The molecule has 0 aliphatic carbocycles. The molecule has 0 fully saturated rings. The van der Waals surface area contributed by atoms with Gasteiger partial charge in [-0.2, -0.15) is 0 Å². The van der Waals surface area contributed by atoms with Gasteiger partial charge in [0, 0.05) is 6.54 Å². The highest BCUT2D eigenvalue weighted by molar-refractivity contribution is 5.91. The van der Waals surface area contributed by atoms with E-state index < -0.39 is 0 Å². The molecule has 18 heavy (non-hydrogen) atoms. The van der Waals surface area contributed by atoms with Crippen LogP contribution in [0, 0.1) is 6.92 Å². The number of rotatable bonds is 6. The predicted molar refractivity (Wildman–Crippen MR) is 71.6 cm³/mol. The number of ether oxygens (including phenoxy) is 1. The van der Waals surface area contributed by atoms with Crippen LogP contribution >= 0.6 is 0 Å². The summed E-state index contributed by atoms with van der Waals surface area (Å²) in [5.41, 5.74) is 1.65. The number of methoxy groups -OCH3 is 1. The topological polar surface area (TPSA) is 51.5 Å².